The van der Waals surface area contributed by atoms with Gasteiger partial charge in [-0.05, 0) is 48.2 Å². The van der Waals surface area contributed by atoms with Crippen LogP contribution in [0.25, 0.3) is 0 Å². The normalized spacial score (nSPS) is 11.2. The molecule has 0 atom stereocenters. The number of carbonyl (C=O) groups is 1. The van der Waals surface area contributed by atoms with E-state index in [9.17, 15) is 13.2 Å². The topological polar surface area (TPSA) is 66.5 Å². The summed E-state index contributed by atoms with van der Waals surface area (Å²) in [6.45, 7) is 1.90. The fourth-order valence-electron chi connectivity index (χ4n) is 2.53. The number of carbonyl (C=O) groups excluding carboxylic acids is 1. The molecule has 2 aromatic carbocycles. The molecule has 0 saturated carbocycles. The van der Waals surface area contributed by atoms with Gasteiger partial charge in [0.15, 0.2) is 0 Å². The molecule has 3 aromatic rings. The summed E-state index contributed by atoms with van der Waals surface area (Å²) in [7, 11) is -3.83. The summed E-state index contributed by atoms with van der Waals surface area (Å²) in [4.78, 5) is 12.5. The van der Waals surface area contributed by atoms with Crippen LogP contribution in [0.4, 0.5) is 5.69 Å². The van der Waals surface area contributed by atoms with Crippen LogP contribution >= 0.6 is 22.9 Å². The Labute approximate surface area is 173 Å². The molecule has 1 heterocycles. The van der Waals surface area contributed by atoms with Gasteiger partial charge in [-0.15, -0.1) is 11.3 Å². The van der Waals surface area contributed by atoms with E-state index in [0.29, 0.717) is 10.7 Å². The van der Waals surface area contributed by atoms with Gasteiger partial charge in [0.05, 0.1) is 5.69 Å². The van der Waals surface area contributed by atoms with Gasteiger partial charge >= 0.3 is 0 Å². The third-order valence-corrected chi connectivity index (χ3v) is 7.45. The molecule has 0 spiro atoms. The van der Waals surface area contributed by atoms with Crippen molar-refractivity contribution >= 4 is 44.6 Å². The number of nitrogens with zero attached hydrogens (tertiary/aromatic N) is 1. The van der Waals surface area contributed by atoms with Crippen molar-refractivity contribution in [3.63, 3.8) is 0 Å². The molecule has 3 rings (SSSR count). The zero-order valence-electron chi connectivity index (χ0n) is 15.1. The first-order chi connectivity index (χ1) is 13.4. The highest BCUT2D eigenvalue weighted by atomic mass is 35.5. The van der Waals surface area contributed by atoms with Gasteiger partial charge in [0.2, 0.25) is 5.91 Å². The molecule has 5 nitrogen and oxygen atoms in total. The van der Waals surface area contributed by atoms with Crippen LogP contribution in [0.15, 0.2) is 70.3 Å². The first-order valence-electron chi connectivity index (χ1n) is 8.50. The zero-order valence-corrected chi connectivity index (χ0v) is 17.5. The molecule has 1 aromatic heterocycles. The minimum atomic E-state index is -3.83. The SMILES string of the molecule is Cc1ccc(N(CC(=O)NCc2ccc(Cl)cc2)S(=O)(=O)c2cccs2)cc1. The highest BCUT2D eigenvalue weighted by Gasteiger charge is 2.27. The predicted octanol–water partition coefficient (Wildman–Crippen LogP) is 4.22. The van der Waals surface area contributed by atoms with Gasteiger partial charge in [-0.2, -0.15) is 0 Å². The summed E-state index contributed by atoms with van der Waals surface area (Å²) in [6, 6.07) is 17.3. The Hall–Kier alpha value is -2.35. The van der Waals surface area contributed by atoms with Gasteiger partial charge in [-0.3, -0.25) is 9.10 Å². The molecule has 0 saturated heterocycles. The second-order valence-electron chi connectivity index (χ2n) is 6.18. The Kier molecular flexibility index (Phi) is 6.39. The minimum Gasteiger partial charge on any atom is -0.350 e. The van der Waals surface area contributed by atoms with Crippen LogP contribution in [-0.4, -0.2) is 20.9 Å². The van der Waals surface area contributed by atoms with Gasteiger partial charge < -0.3 is 5.32 Å². The van der Waals surface area contributed by atoms with E-state index < -0.39 is 15.9 Å². The molecule has 0 bridgehead atoms. The molecule has 0 radical (unpaired) electrons. The van der Waals surface area contributed by atoms with Gasteiger partial charge in [0, 0.05) is 11.6 Å². The van der Waals surface area contributed by atoms with Crippen molar-refractivity contribution in [1.82, 2.24) is 5.32 Å². The quantitative estimate of drug-likeness (QED) is 0.605. The monoisotopic (exact) mass is 434 g/mol. The standard InChI is InChI=1S/C20H19ClN2O3S2/c1-15-4-10-18(11-5-15)23(28(25,26)20-3-2-12-27-20)14-19(24)22-13-16-6-8-17(21)9-7-16/h2-12H,13-14H2,1H3,(H,22,24). The van der Waals surface area contributed by atoms with Crippen molar-refractivity contribution in [3.8, 4) is 0 Å². The zero-order chi connectivity index (χ0) is 20.1. The van der Waals surface area contributed by atoms with E-state index in [2.05, 4.69) is 5.32 Å². The number of nitrogens with one attached hydrogen (secondary N) is 1. The molecular formula is C20H19ClN2O3S2. The first kappa shape index (κ1) is 20.4. The molecule has 0 unspecified atom stereocenters. The van der Waals surface area contributed by atoms with E-state index in [1.807, 2.05) is 31.2 Å². The lowest BCUT2D eigenvalue weighted by Gasteiger charge is -2.23. The number of rotatable bonds is 7. The second-order valence-corrected chi connectivity index (χ2v) is 9.66. The fraction of sp³-hybridized carbons (Fsp3) is 0.150. The number of sulfonamides is 1. The van der Waals surface area contributed by atoms with E-state index in [0.717, 1.165) is 26.8 Å². The average molecular weight is 435 g/mol. The van der Waals surface area contributed by atoms with Crippen molar-refractivity contribution in [1.29, 1.82) is 0 Å². The molecule has 0 aliphatic carbocycles. The molecule has 1 amide bonds. The molecule has 28 heavy (non-hydrogen) atoms. The summed E-state index contributed by atoms with van der Waals surface area (Å²) in [5.41, 5.74) is 2.32. The molecular weight excluding hydrogens is 416 g/mol. The number of anilines is 1. The third-order valence-electron chi connectivity index (χ3n) is 4.05. The van der Waals surface area contributed by atoms with E-state index in [4.69, 9.17) is 11.6 Å². The Morgan fingerprint density at radius 1 is 1.07 bits per heavy atom. The predicted molar refractivity (Wildman–Crippen MR) is 113 cm³/mol. The van der Waals surface area contributed by atoms with Gasteiger partial charge in [-0.25, -0.2) is 8.42 Å². The summed E-state index contributed by atoms with van der Waals surface area (Å²) in [6.07, 6.45) is 0. The maximum atomic E-state index is 13.1. The maximum absolute atomic E-state index is 13.1. The summed E-state index contributed by atoms with van der Waals surface area (Å²) >= 11 is 6.98. The number of hydrogen-bond acceptors (Lipinski definition) is 4. The number of amides is 1. The van der Waals surface area contributed by atoms with Crippen LogP contribution < -0.4 is 9.62 Å². The molecule has 146 valence electrons. The lowest BCUT2D eigenvalue weighted by Crippen LogP contribution is -2.40. The van der Waals surface area contributed by atoms with Crippen LogP contribution in [0, 0.1) is 6.92 Å². The summed E-state index contributed by atoms with van der Waals surface area (Å²) in [5.74, 6) is -0.393. The lowest BCUT2D eigenvalue weighted by molar-refractivity contribution is -0.119. The number of halogens is 1. The van der Waals surface area contributed by atoms with E-state index in [1.165, 1.54) is 6.07 Å². The van der Waals surface area contributed by atoms with Crippen LogP contribution in [0.2, 0.25) is 5.02 Å². The second kappa shape index (κ2) is 8.77. The minimum absolute atomic E-state index is 0.193. The van der Waals surface area contributed by atoms with Crippen molar-refractivity contribution in [3.05, 3.63) is 82.2 Å². The smallest absolute Gasteiger partial charge is 0.274 e. The Morgan fingerprint density at radius 3 is 2.36 bits per heavy atom. The van der Waals surface area contributed by atoms with Crippen LogP contribution in [0.3, 0.4) is 0 Å². The number of hydrogen-bond donors (Lipinski definition) is 1. The number of thiophene rings is 1. The Morgan fingerprint density at radius 2 is 1.75 bits per heavy atom. The van der Waals surface area contributed by atoms with E-state index in [1.54, 1.807) is 35.7 Å². The highest BCUT2D eigenvalue weighted by Crippen LogP contribution is 2.26. The number of benzene rings is 2. The van der Waals surface area contributed by atoms with E-state index >= 15 is 0 Å². The maximum Gasteiger partial charge on any atom is 0.274 e. The summed E-state index contributed by atoms with van der Waals surface area (Å²) in [5, 5.41) is 5.07. The van der Waals surface area contributed by atoms with Gasteiger partial charge in [0.25, 0.3) is 10.0 Å². The Bertz CT molecular complexity index is 1030. The lowest BCUT2D eigenvalue weighted by atomic mass is 10.2. The molecule has 0 fully saturated rings. The molecule has 8 heteroatoms. The third kappa shape index (κ3) is 4.92. The summed E-state index contributed by atoms with van der Waals surface area (Å²) < 4.78 is 27.5. The molecule has 0 aliphatic rings. The fourth-order valence-corrected chi connectivity index (χ4v) is 5.19. The van der Waals surface area contributed by atoms with E-state index in [-0.39, 0.29) is 17.3 Å². The van der Waals surface area contributed by atoms with Crippen molar-refractivity contribution in [2.24, 2.45) is 0 Å². The van der Waals surface area contributed by atoms with Crippen molar-refractivity contribution < 1.29 is 13.2 Å². The largest absolute Gasteiger partial charge is 0.350 e. The van der Waals surface area contributed by atoms with Crippen LogP contribution in [0.1, 0.15) is 11.1 Å². The van der Waals surface area contributed by atoms with Crippen LogP contribution in [-0.2, 0) is 21.4 Å². The molecule has 1 N–H and O–H groups in total. The van der Waals surface area contributed by atoms with Crippen molar-refractivity contribution in [2.45, 2.75) is 17.7 Å². The Balaban J connectivity index is 1.80. The highest BCUT2D eigenvalue weighted by molar-refractivity contribution is 7.94. The van der Waals surface area contributed by atoms with Crippen molar-refractivity contribution in [2.75, 3.05) is 10.8 Å². The number of aryl methyl sites for hydroxylation is 1. The van der Waals surface area contributed by atoms with Crippen LogP contribution in [0.5, 0.6) is 0 Å². The molecule has 0 aliphatic heterocycles. The average Bonchev–Trinajstić information content (AvgIpc) is 3.22. The van der Waals surface area contributed by atoms with Gasteiger partial charge in [-0.1, -0.05) is 47.5 Å². The van der Waals surface area contributed by atoms with Gasteiger partial charge in [0.1, 0.15) is 10.8 Å². The first-order valence-corrected chi connectivity index (χ1v) is 11.2.